The maximum Gasteiger partial charge on any atom is 0.325 e. The number of carboxylic acids is 1. The van der Waals surface area contributed by atoms with E-state index in [-0.39, 0.29) is 66.8 Å². The molecule has 25 nitrogen and oxygen atoms in total. The number of amides is 2. The van der Waals surface area contributed by atoms with Crippen LogP contribution in [0.3, 0.4) is 0 Å². The fourth-order valence-electron chi connectivity index (χ4n) is 7.80. The summed E-state index contributed by atoms with van der Waals surface area (Å²) in [5.41, 5.74) is 10.7. The molecule has 26 heteroatoms. The zero-order valence-corrected chi connectivity index (χ0v) is 44.4. The van der Waals surface area contributed by atoms with Crippen LogP contribution in [0, 0.1) is 58.7 Å². The minimum atomic E-state index is -1.01. The van der Waals surface area contributed by atoms with Crippen molar-refractivity contribution in [3.63, 3.8) is 0 Å². The van der Waals surface area contributed by atoms with E-state index in [1.165, 1.54) is 28.3 Å². The van der Waals surface area contributed by atoms with E-state index in [1.54, 1.807) is 48.5 Å². The van der Waals surface area contributed by atoms with E-state index in [4.69, 9.17) is 57.5 Å². The van der Waals surface area contributed by atoms with Crippen LogP contribution in [0.2, 0.25) is 0 Å². The highest BCUT2D eigenvalue weighted by Crippen LogP contribution is 2.38. The average Bonchev–Trinajstić information content (AvgIpc) is 2.45. The number of para-hydroxylation sites is 3. The number of nitrogen functional groups attached to an aromatic ring is 1. The van der Waals surface area contributed by atoms with E-state index in [2.05, 4.69) is 68.7 Å². The molecule has 2 amide bonds. The molecule has 7 N–H and O–H groups in total. The molecule has 0 radical (unpaired) electrons. The number of rotatable bonds is 10. The van der Waals surface area contributed by atoms with E-state index in [1.807, 2.05) is 78.9 Å². The normalized spacial score (nSPS) is 10.3. The molecule has 0 fully saturated rings. The van der Waals surface area contributed by atoms with Crippen LogP contribution in [0.25, 0.3) is 65.8 Å². The Balaban J connectivity index is 0.000000149. The molecule has 0 saturated carbocycles. The summed E-state index contributed by atoms with van der Waals surface area (Å²) in [6.45, 7) is -0.457. The van der Waals surface area contributed by atoms with Crippen LogP contribution in [0.1, 0.15) is 17.5 Å². The second-order valence-electron chi connectivity index (χ2n) is 16.9. The molecule has 0 saturated heterocycles. The predicted octanol–water partition coefficient (Wildman–Crippen LogP) is 8.22. The summed E-state index contributed by atoms with van der Waals surface area (Å²) in [7, 11) is 0. The summed E-state index contributed by atoms with van der Waals surface area (Å²) < 4.78 is 26.4. The van der Waals surface area contributed by atoms with Crippen LogP contribution < -0.4 is 21.1 Å². The molecule has 83 heavy (non-hydrogen) atoms. The van der Waals surface area contributed by atoms with Crippen LogP contribution in [0.15, 0.2) is 141 Å². The van der Waals surface area contributed by atoms with E-state index >= 15 is 0 Å². The highest BCUT2D eigenvalue weighted by Gasteiger charge is 2.17. The average molecular weight is 1170 g/mol. The Hall–Kier alpha value is -12.2. The number of hydrogen-bond donors (Lipinski definition) is 6. The Kier molecular flexibility index (Phi) is 18.2. The first-order valence-electron chi connectivity index (χ1n) is 24.0. The first kappa shape index (κ1) is 57.0. The molecule has 0 unspecified atom stereocenters. The van der Waals surface area contributed by atoms with Gasteiger partial charge in [-0.25, -0.2) is 29.0 Å². The highest BCUT2D eigenvalue weighted by atomic mass is 79.9. The second kappa shape index (κ2) is 26.4. The van der Waals surface area contributed by atoms with Crippen molar-refractivity contribution in [2.45, 2.75) is 19.6 Å². The number of nitrogens with two attached hydrogens (primary N) is 1. The number of hydrogen-bond acceptors (Lipinski definition) is 19. The van der Waals surface area contributed by atoms with Gasteiger partial charge in [-0.15, -0.1) is 28.1 Å². The molecule has 6 aromatic heterocycles. The molecular formula is C57H40BrN15O10. The quantitative estimate of drug-likeness (QED) is 0.0325. The molecule has 0 aliphatic heterocycles. The fourth-order valence-corrected chi connectivity index (χ4v) is 7.80. The van der Waals surface area contributed by atoms with Crippen molar-refractivity contribution in [2.75, 3.05) is 28.3 Å². The number of fused-ring (bicyclic) bond motifs is 9. The summed E-state index contributed by atoms with van der Waals surface area (Å²) >= 11 is 3.01. The second-order valence-corrected chi connectivity index (χ2v) is 17.4. The third kappa shape index (κ3) is 14.1. The number of ether oxygens (including phenoxy) is 1. The number of carbonyl (C=O) groups excluding carboxylic acids is 2. The van der Waals surface area contributed by atoms with Gasteiger partial charge in [0.25, 0.3) is 17.5 Å². The number of terminal acetylenes is 2. The van der Waals surface area contributed by atoms with Crippen molar-refractivity contribution in [1.29, 1.82) is 15.8 Å². The monoisotopic (exact) mass is 1170 g/mol. The number of nitriles is 3. The molecule has 410 valence electrons. The molecule has 6 aromatic carbocycles. The van der Waals surface area contributed by atoms with E-state index in [0.29, 0.717) is 44.8 Å². The van der Waals surface area contributed by atoms with E-state index in [9.17, 15) is 24.6 Å². The number of aromatic hydroxyl groups is 2. The third-order valence-corrected chi connectivity index (χ3v) is 11.6. The molecule has 12 rings (SSSR count). The molecule has 0 spiro atoms. The smallest absolute Gasteiger partial charge is 0.325 e. The number of phenolic OH excluding ortho intramolecular Hbond substituents is 2. The van der Waals surface area contributed by atoms with Gasteiger partial charge in [0.05, 0.1) is 22.4 Å². The summed E-state index contributed by atoms with van der Waals surface area (Å²) in [6, 6.07) is 38.0. The van der Waals surface area contributed by atoms with Crippen molar-refractivity contribution in [3.05, 3.63) is 146 Å². The Morgan fingerprint density at radius 2 is 0.964 bits per heavy atom. The first-order chi connectivity index (χ1) is 40.2. The van der Waals surface area contributed by atoms with Crippen molar-refractivity contribution < 1.29 is 47.7 Å². The maximum absolute atomic E-state index is 12.4. The minimum Gasteiger partial charge on any atom is -0.506 e. The summed E-state index contributed by atoms with van der Waals surface area (Å²) in [6.07, 6.45) is 13.8. The van der Waals surface area contributed by atoms with Crippen molar-refractivity contribution in [1.82, 2.24) is 44.3 Å². The molecule has 0 atom stereocenters. The number of benzene rings is 6. The number of furan rings is 3. The van der Waals surface area contributed by atoms with Crippen molar-refractivity contribution in [2.24, 2.45) is 0 Å². The Morgan fingerprint density at radius 3 is 1.39 bits per heavy atom. The molecule has 12 aromatic rings. The molecular weight excluding hydrogens is 1130 g/mol. The van der Waals surface area contributed by atoms with Crippen molar-refractivity contribution in [3.8, 4) is 60.1 Å². The first-order valence-corrected chi connectivity index (χ1v) is 25.1. The van der Waals surface area contributed by atoms with Gasteiger partial charge in [0.1, 0.15) is 114 Å². The van der Waals surface area contributed by atoms with Gasteiger partial charge in [0, 0.05) is 50.5 Å². The molecule has 0 bridgehead atoms. The number of carbonyl (C=O) groups is 3. The van der Waals surface area contributed by atoms with Crippen molar-refractivity contribution >= 4 is 117 Å². The van der Waals surface area contributed by atoms with Gasteiger partial charge >= 0.3 is 5.97 Å². The van der Waals surface area contributed by atoms with E-state index in [0.717, 1.165) is 48.2 Å². The number of alkyl halides is 1. The van der Waals surface area contributed by atoms with Gasteiger partial charge < -0.3 is 49.7 Å². The van der Waals surface area contributed by atoms with Crippen LogP contribution in [0.4, 0.5) is 17.1 Å². The number of nitrogens with one attached hydrogen (secondary N) is 2. The van der Waals surface area contributed by atoms with Crippen LogP contribution in [0.5, 0.6) is 17.2 Å². The standard InChI is InChI=1S/C20H13N5O3.C17H11N5O3.C12H9NO2.C5H4N4O2.C3H3Br/c1-2-7-27-18-8-14-13-5-3-4-6-16(13)28-17(14)9-15(18)23-20(26)11-25-12-22-19(10-21)24-25;18-7-16-19-9-22(21-16)8-17(24)20-12-6-15-11(5-13(12)23)10-3-1-2-4-14(10)25-15;13-9-6-12-8(5-10(9)14)7-3-1-2-4-11(7)15-12;6-1-4-7-3-9(8-4)2-5(10)11;1-2-3-4/h1,3-6,8-9,12H,7,11H2,(H,23,26);1-6,9,23H,8H2,(H,20,24);1-6,14H,13H2;3H,2H2,(H,10,11);1H,3H2. The summed E-state index contributed by atoms with van der Waals surface area (Å²) in [4.78, 5) is 45.6. The predicted molar refractivity (Wildman–Crippen MR) is 305 cm³/mol. The largest absolute Gasteiger partial charge is 0.506 e. The van der Waals surface area contributed by atoms with Gasteiger partial charge in [-0.3, -0.25) is 14.4 Å². The van der Waals surface area contributed by atoms with Crippen LogP contribution in [-0.4, -0.2) is 89.3 Å². The summed E-state index contributed by atoms with van der Waals surface area (Å²) in [5.74, 6) is 3.38. The van der Waals surface area contributed by atoms with Gasteiger partial charge in [-0.2, -0.15) is 15.8 Å². The topological polar surface area (TPSA) is 374 Å². The van der Waals surface area contributed by atoms with Gasteiger partial charge in [-0.1, -0.05) is 82.4 Å². The highest BCUT2D eigenvalue weighted by molar-refractivity contribution is 9.09. The third-order valence-electron chi connectivity index (χ3n) is 11.3. The Bertz CT molecular complexity index is 4600. The number of halogens is 1. The summed E-state index contributed by atoms with van der Waals surface area (Å²) in [5, 5.41) is 76.3. The van der Waals surface area contributed by atoms with Gasteiger partial charge in [0.2, 0.25) is 11.8 Å². The lowest BCUT2D eigenvalue weighted by Gasteiger charge is -2.11. The minimum absolute atomic E-state index is 0.00506. The lowest BCUT2D eigenvalue weighted by atomic mass is 10.1. The zero-order chi connectivity index (χ0) is 59.0. The van der Waals surface area contributed by atoms with Crippen LogP contribution in [-0.2, 0) is 34.0 Å². The number of nitrogens with zero attached hydrogens (tertiary/aromatic N) is 12. The Morgan fingerprint density at radius 1 is 0.566 bits per heavy atom. The maximum atomic E-state index is 12.4. The number of aromatic nitrogens is 9. The molecule has 0 aliphatic rings. The Labute approximate surface area is 476 Å². The van der Waals surface area contributed by atoms with Gasteiger partial charge in [0.15, 0.2) is 0 Å². The zero-order valence-electron chi connectivity index (χ0n) is 42.8. The lowest BCUT2D eigenvalue weighted by molar-refractivity contribution is -0.138. The fraction of sp³-hybridized carbons (Fsp3) is 0.0877. The lowest BCUT2D eigenvalue weighted by Crippen LogP contribution is -2.19. The number of aliphatic carboxylic acids is 1. The van der Waals surface area contributed by atoms with E-state index < -0.39 is 11.9 Å². The van der Waals surface area contributed by atoms with Crippen LogP contribution >= 0.6 is 15.9 Å². The number of anilines is 3. The number of carboxylic acid groups (broad SMARTS) is 1. The number of phenols is 2. The van der Waals surface area contributed by atoms with Gasteiger partial charge in [-0.05, 0) is 36.4 Å². The molecule has 6 heterocycles. The SMILES string of the molecule is C#CCBr.C#CCOc1cc2c(cc1NC(=O)Cn1cnc(C#N)n1)oc1ccccc12.N#Cc1ncn(CC(=O)Nc2cc3oc4ccccc4c3cc2O)n1.N#Cc1ncn(CC(=O)O)n1.Nc1cc2oc3ccccc3c2cc1O. The molecule has 0 aliphatic carbocycles.